The Kier molecular flexibility index (Phi) is 4.25. The van der Waals surface area contributed by atoms with Crippen LogP contribution in [0.15, 0.2) is 6.33 Å². The van der Waals surface area contributed by atoms with Crippen LogP contribution in [0.3, 0.4) is 0 Å². The summed E-state index contributed by atoms with van der Waals surface area (Å²) < 4.78 is 6.71. The van der Waals surface area contributed by atoms with E-state index in [1.54, 1.807) is 17.7 Å². The number of nitrogens with zero attached hydrogens (tertiary/aromatic N) is 4. The van der Waals surface area contributed by atoms with Crippen LogP contribution < -0.4 is 4.90 Å². The van der Waals surface area contributed by atoms with E-state index < -0.39 is 0 Å². The molecule has 136 valence electrons. The molecule has 5 nitrogen and oxygen atoms in total. The summed E-state index contributed by atoms with van der Waals surface area (Å²) in [6, 6.07) is 0. The number of thiophene rings is 1. The summed E-state index contributed by atoms with van der Waals surface area (Å²) in [5.41, 5.74) is 5.46. The molecule has 0 radical (unpaired) electrons. The first-order valence-electron chi connectivity index (χ1n) is 9.77. The maximum atomic E-state index is 5.51. The summed E-state index contributed by atoms with van der Waals surface area (Å²) in [5.74, 6) is 1.06. The maximum Gasteiger partial charge on any atom is 0.150 e. The fourth-order valence-corrected chi connectivity index (χ4v) is 5.51. The van der Waals surface area contributed by atoms with Gasteiger partial charge in [0, 0.05) is 24.2 Å². The van der Waals surface area contributed by atoms with Crippen LogP contribution in [0.2, 0.25) is 0 Å². The van der Waals surface area contributed by atoms with E-state index in [0.29, 0.717) is 0 Å². The Morgan fingerprint density at radius 3 is 2.85 bits per heavy atom. The molecule has 6 heteroatoms. The lowest BCUT2D eigenvalue weighted by Gasteiger charge is -2.27. The second-order valence-electron chi connectivity index (χ2n) is 7.23. The lowest BCUT2D eigenvalue weighted by atomic mass is 10.0. The first-order chi connectivity index (χ1) is 12.9. The predicted molar refractivity (Wildman–Crippen MR) is 106 cm³/mol. The average Bonchev–Trinajstić information content (AvgIpc) is 3.30. The van der Waals surface area contributed by atoms with Gasteiger partial charge in [0.15, 0.2) is 0 Å². The second-order valence-corrected chi connectivity index (χ2v) is 8.23. The highest BCUT2D eigenvalue weighted by Crippen LogP contribution is 2.42. The SMILES string of the molecule is CCCCc1nc2sc3c(N4CCOCC4)ncnc3c2c2c1CCC2. The zero-order chi connectivity index (χ0) is 17.5. The number of hydrogen-bond acceptors (Lipinski definition) is 6. The quantitative estimate of drug-likeness (QED) is 0.699. The van der Waals surface area contributed by atoms with Gasteiger partial charge in [-0.3, -0.25) is 0 Å². The maximum absolute atomic E-state index is 5.51. The van der Waals surface area contributed by atoms with Crippen molar-refractivity contribution < 1.29 is 4.74 Å². The van der Waals surface area contributed by atoms with Crippen LogP contribution >= 0.6 is 11.3 Å². The van der Waals surface area contributed by atoms with Crippen LogP contribution in [-0.4, -0.2) is 41.3 Å². The molecule has 3 aromatic heterocycles. The van der Waals surface area contributed by atoms with Gasteiger partial charge in [0.05, 0.1) is 23.4 Å². The first kappa shape index (κ1) is 16.4. The van der Waals surface area contributed by atoms with Gasteiger partial charge in [-0.25, -0.2) is 15.0 Å². The Hall–Kier alpha value is -1.79. The van der Waals surface area contributed by atoms with Gasteiger partial charge in [0.25, 0.3) is 0 Å². The van der Waals surface area contributed by atoms with Crippen molar-refractivity contribution in [3.8, 4) is 0 Å². The normalized spacial score (nSPS) is 17.3. The van der Waals surface area contributed by atoms with E-state index in [0.717, 1.165) is 55.3 Å². The third-order valence-corrected chi connectivity index (χ3v) is 6.69. The number of ether oxygens (including phenoxy) is 1. The lowest BCUT2D eigenvalue weighted by molar-refractivity contribution is 0.122. The minimum Gasteiger partial charge on any atom is -0.378 e. The highest BCUT2D eigenvalue weighted by Gasteiger charge is 2.25. The lowest BCUT2D eigenvalue weighted by Crippen LogP contribution is -2.36. The molecule has 2 aliphatic rings. The standard InChI is InChI=1S/C20H24N4OS/c1-2-3-7-15-13-5-4-6-14(13)16-17-18(26-20(16)23-15)19(22-12-21-17)24-8-10-25-11-9-24/h12H,2-11H2,1H3. The fraction of sp³-hybridized carbons (Fsp3) is 0.550. The van der Waals surface area contributed by atoms with Gasteiger partial charge in [-0.15, -0.1) is 11.3 Å². The van der Waals surface area contributed by atoms with E-state index in [-0.39, 0.29) is 0 Å². The molecule has 0 saturated carbocycles. The number of fused-ring (bicyclic) bond motifs is 5. The van der Waals surface area contributed by atoms with Gasteiger partial charge >= 0.3 is 0 Å². The molecular weight excluding hydrogens is 344 g/mol. The summed E-state index contributed by atoms with van der Waals surface area (Å²) in [7, 11) is 0. The molecule has 1 saturated heterocycles. The smallest absolute Gasteiger partial charge is 0.150 e. The van der Waals surface area contributed by atoms with Crippen LogP contribution in [-0.2, 0) is 24.0 Å². The summed E-state index contributed by atoms with van der Waals surface area (Å²) in [5, 5.41) is 1.30. The molecule has 0 spiro atoms. The van der Waals surface area contributed by atoms with E-state index in [1.165, 1.54) is 52.6 Å². The van der Waals surface area contributed by atoms with Crippen molar-refractivity contribution in [2.24, 2.45) is 0 Å². The number of aromatic nitrogens is 3. The van der Waals surface area contributed by atoms with E-state index in [4.69, 9.17) is 14.7 Å². The third kappa shape index (κ3) is 2.58. The molecule has 1 aliphatic heterocycles. The zero-order valence-electron chi connectivity index (χ0n) is 15.3. The minimum absolute atomic E-state index is 0.769. The Morgan fingerprint density at radius 2 is 2.00 bits per heavy atom. The summed E-state index contributed by atoms with van der Waals surface area (Å²) in [4.78, 5) is 17.9. The molecule has 1 aliphatic carbocycles. The van der Waals surface area contributed by atoms with Crippen molar-refractivity contribution >= 4 is 37.6 Å². The van der Waals surface area contributed by atoms with E-state index in [9.17, 15) is 0 Å². The number of hydrogen-bond donors (Lipinski definition) is 0. The van der Waals surface area contributed by atoms with Gasteiger partial charge in [0.1, 0.15) is 17.0 Å². The molecule has 26 heavy (non-hydrogen) atoms. The van der Waals surface area contributed by atoms with Gasteiger partial charge < -0.3 is 9.64 Å². The van der Waals surface area contributed by atoms with Crippen LogP contribution in [0.4, 0.5) is 5.82 Å². The molecule has 0 amide bonds. The summed E-state index contributed by atoms with van der Waals surface area (Å²) >= 11 is 1.78. The van der Waals surface area contributed by atoms with Gasteiger partial charge in [-0.05, 0) is 43.2 Å². The molecule has 0 N–H and O–H groups in total. The summed E-state index contributed by atoms with van der Waals surface area (Å²) in [6.45, 7) is 5.58. The fourth-order valence-electron chi connectivity index (χ4n) is 4.32. The number of aryl methyl sites for hydroxylation is 2. The molecule has 5 rings (SSSR count). The molecule has 4 heterocycles. The summed E-state index contributed by atoms with van der Waals surface area (Å²) in [6.07, 6.45) is 8.85. The van der Waals surface area contributed by atoms with Crippen molar-refractivity contribution in [1.82, 2.24) is 15.0 Å². The van der Waals surface area contributed by atoms with Crippen molar-refractivity contribution in [2.45, 2.75) is 45.4 Å². The van der Waals surface area contributed by atoms with Crippen molar-refractivity contribution in [1.29, 1.82) is 0 Å². The van der Waals surface area contributed by atoms with Crippen LogP contribution in [0, 0.1) is 0 Å². The van der Waals surface area contributed by atoms with Crippen LogP contribution in [0.25, 0.3) is 20.4 Å². The molecule has 3 aromatic rings. The largest absolute Gasteiger partial charge is 0.378 e. The average molecular weight is 369 g/mol. The van der Waals surface area contributed by atoms with Gasteiger partial charge in [-0.1, -0.05) is 13.3 Å². The van der Waals surface area contributed by atoms with Crippen LogP contribution in [0.1, 0.15) is 43.0 Å². The molecule has 0 aromatic carbocycles. The number of pyridine rings is 1. The van der Waals surface area contributed by atoms with Gasteiger partial charge in [-0.2, -0.15) is 0 Å². The van der Waals surface area contributed by atoms with E-state index >= 15 is 0 Å². The Labute approximate surface area is 157 Å². The molecular formula is C20H24N4OS. The number of rotatable bonds is 4. The Morgan fingerprint density at radius 1 is 1.15 bits per heavy atom. The third-order valence-electron chi connectivity index (χ3n) is 5.62. The first-order valence-corrected chi connectivity index (χ1v) is 10.6. The predicted octanol–water partition coefficient (Wildman–Crippen LogP) is 3.91. The van der Waals surface area contributed by atoms with Crippen LogP contribution in [0.5, 0.6) is 0 Å². The topological polar surface area (TPSA) is 51.1 Å². The Bertz CT molecular complexity index is 961. The van der Waals surface area contributed by atoms with Crippen molar-refractivity contribution in [3.05, 3.63) is 23.1 Å². The highest BCUT2D eigenvalue weighted by atomic mass is 32.1. The minimum atomic E-state index is 0.769. The Balaban J connectivity index is 1.71. The number of morpholine rings is 1. The van der Waals surface area contributed by atoms with Crippen molar-refractivity contribution in [2.75, 3.05) is 31.2 Å². The van der Waals surface area contributed by atoms with E-state index in [1.807, 2.05) is 0 Å². The van der Waals surface area contributed by atoms with Crippen molar-refractivity contribution in [3.63, 3.8) is 0 Å². The highest BCUT2D eigenvalue weighted by molar-refractivity contribution is 7.26. The molecule has 0 unspecified atom stereocenters. The van der Waals surface area contributed by atoms with Gasteiger partial charge in [0.2, 0.25) is 0 Å². The number of unbranched alkanes of at least 4 members (excludes halogenated alkanes) is 1. The molecule has 1 fully saturated rings. The number of anilines is 1. The molecule has 0 atom stereocenters. The second kappa shape index (κ2) is 6.74. The zero-order valence-corrected chi connectivity index (χ0v) is 16.1. The molecule has 0 bridgehead atoms. The monoisotopic (exact) mass is 368 g/mol. The van der Waals surface area contributed by atoms with E-state index in [2.05, 4.69) is 16.8 Å².